The lowest BCUT2D eigenvalue weighted by molar-refractivity contribution is -0.122. The van der Waals surface area contributed by atoms with Crippen molar-refractivity contribution in [2.24, 2.45) is 0 Å². The van der Waals surface area contributed by atoms with Gasteiger partial charge in [-0.15, -0.1) is 0 Å². The van der Waals surface area contributed by atoms with Crippen molar-refractivity contribution in [1.29, 1.82) is 0 Å². The Labute approximate surface area is 157 Å². The number of aryl methyl sites for hydroxylation is 2. The van der Waals surface area contributed by atoms with E-state index in [0.717, 1.165) is 34.3 Å². The van der Waals surface area contributed by atoms with Gasteiger partial charge >= 0.3 is 0 Å². The Kier molecular flexibility index (Phi) is 5.32. The van der Waals surface area contributed by atoms with Gasteiger partial charge in [-0.25, -0.2) is 0 Å². The Balaban J connectivity index is 1.69. The molecular formula is C20H20N2O3S. The quantitative estimate of drug-likeness (QED) is 0.792. The lowest BCUT2D eigenvalue weighted by Crippen LogP contribution is -2.33. The highest BCUT2D eigenvalue weighted by atomic mass is 32.2. The molecule has 0 aliphatic carbocycles. The fourth-order valence-electron chi connectivity index (χ4n) is 2.51. The van der Waals surface area contributed by atoms with Gasteiger partial charge in [0.15, 0.2) is 0 Å². The van der Waals surface area contributed by atoms with Crippen LogP contribution in [0.25, 0.3) is 6.08 Å². The van der Waals surface area contributed by atoms with Crippen LogP contribution in [-0.2, 0) is 4.79 Å². The Bertz CT molecular complexity index is 875. The van der Waals surface area contributed by atoms with Crippen LogP contribution in [-0.4, -0.2) is 29.8 Å². The van der Waals surface area contributed by atoms with Gasteiger partial charge < -0.3 is 10.1 Å². The summed E-state index contributed by atoms with van der Waals surface area (Å²) in [6.07, 6.45) is 1.72. The SMILES string of the molecule is COc1ccc(/C=C2\SC(=O)N(CNc3ccc(C)c(C)c3)C2=O)cc1. The zero-order valence-electron chi connectivity index (χ0n) is 14.9. The van der Waals surface area contributed by atoms with Crippen LogP contribution in [0.2, 0.25) is 0 Å². The van der Waals surface area contributed by atoms with Crippen molar-refractivity contribution in [2.75, 3.05) is 19.1 Å². The molecule has 0 saturated carbocycles. The van der Waals surface area contributed by atoms with Gasteiger partial charge in [0, 0.05) is 5.69 Å². The second kappa shape index (κ2) is 7.66. The summed E-state index contributed by atoms with van der Waals surface area (Å²) in [5, 5.41) is 2.87. The van der Waals surface area contributed by atoms with Crippen LogP contribution < -0.4 is 10.1 Å². The molecule has 1 N–H and O–H groups in total. The van der Waals surface area contributed by atoms with Gasteiger partial charge in [0.1, 0.15) is 5.75 Å². The molecule has 2 aromatic rings. The predicted molar refractivity (Wildman–Crippen MR) is 105 cm³/mol. The summed E-state index contributed by atoms with van der Waals surface area (Å²) >= 11 is 0.955. The molecule has 134 valence electrons. The minimum Gasteiger partial charge on any atom is -0.497 e. The maximum absolute atomic E-state index is 12.5. The summed E-state index contributed by atoms with van der Waals surface area (Å²) < 4.78 is 5.12. The molecule has 2 aromatic carbocycles. The van der Waals surface area contributed by atoms with Gasteiger partial charge in [-0.1, -0.05) is 18.2 Å². The number of methoxy groups -OCH3 is 1. The Morgan fingerprint density at radius 2 is 1.81 bits per heavy atom. The fourth-order valence-corrected chi connectivity index (χ4v) is 3.35. The third-order valence-corrected chi connectivity index (χ3v) is 5.14. The highest BCUT2D eigenvalue weighted by Crippen LogP contribution is 2.32. The number of benzene rings is 2. The molecule has 0 bridgehead atoms. The number of nitrogens with zero attached hydrogens (tertiary/aromatic N) is 1. The van der Waals surface area contributed by atoms with Crippen molar-refractivity contribution in [3.8, 4) is 5.75 Å². The van der Waals surface area contributed by atoms with E-state index >= 15 is 0 Å². The van der Waals surface area contributed by atoms with Crippen LogP contribution in [0.3, 0.4) is 0 Å². The van der Waals surface area contributed by atoms with Crippen molar-refractivity contribution in [3.63, 3.8) is 0 Å². The molecule has 0 atom stereocenters. The first-order valence-electron chi connectivity index (χ1n) is 8.18. The molecule has 2 amide bonds. The average molecular weight is 368 g/mol. The molecule has 1 heterocycles. The van der Waals surface area contributed by atoms with Crippen molar-refractivity contribution in [1.82, 2.24) is 4.90 Å². The number of nitrogens with one attached hydrogen (secondary N) is 1. The zero-order chi connectivity index (χ0) is 18.7. The summed E-state index contributed by atoms with van der Waals surface area (Å²) in [4.78, 5) is 26.4. The van der Waals surface area contributed by atoms with Crippen molar-refractivity contribution in [3.05, 3.63) is 64.1 Å². The molecule has 1 aliphatic rings. The van der Waals surface area contributed by atoms with Crippen LogP contribution >= 0.6 is 11.8 Å². The van der Waals surface area contributed by atoms with Gasteiger partial charge in [0.2, 0.25) is 0 Å². The van der Waals surface area contributed by atoms with Gasteiger partial charge in [-0.05, 0) is 72.6 Å². The standard InChI is InChI=1S/C20H20N2O3S/c1-13-4-7-16(10-14(13)2)21-12-22-19(23)18(26-20(22)24)11-15-5-8-17(25-3)9-6-15/h4-11,21H,12H2,1-3H3/b18-11-. The first-order valence-corrected chi connectivity index (χ1v) is 9.00. The molecule has 1 saturated heterocycles. The zero-order valence-corrected chi connectivity index (χ0v) is 15.7. The van der Waals surface area contributed by atoms with Crippen LogP contribution in [0.15, 0.2) is 47.4 Å². The maximum atomic E-state index is 12.5. The molecule has 3 rings (SSSR count). The minimum absolute atomic E-state index is 0.146. The lowest BCUT2D eigenvalue weighted by Gasteiger charge is -2.15. The molecule has 5 nitrogen and oxygen atoms in total. The van der Waals surface area contributed by atoms with E-state index in [-0.39, 0.29) is 17.8 Å². The predicted octanol–water partition coefficient (Wildman–Crippen LogP) is 4.42. The summed E-state index contributed by atoms with van der Waals surface area (Å²) in [5.41, 5.74) is 4.08. The number of imide groups is 1. The summed E-state index contributed by atoms with van der Waals surface area (Å²) in [7, 11) is 1.60. The number of ether oxygens (including phenoxy) is 1. The first kappa shape index (κ1) is 18.1. The Morgan fingerprint density at radius 1 is 1.08 bits per heavy atom. The monoisotopic (exact) mass is 368 g/mol. The molecular weight excluding hydrogens is 348 g/mol. The van der Waals surface area contributed by atoms with E-state index in [0.29, 0.717) is 4.91 Å². The van der Waals surface area contributed by atoms with Crippen LogP contribution in [0, 0.1) is 13.8 Å². The van der Waals surface area contributed by atoms with Gasteiger partial charge in [0.05, 0.1) is 18.7 Å². The molecule has 26 heavy (non-hydrogen) atoms. The van der Waals surface area contributed by atoms with E-state index < -0.39 is 0 Å². The lowest BCUT2D eigenvalue weighted by atomic mass is 10.1. The molecule has 0 spiro atoms. The van der Waals surface area contributed by atoms with E-state index in [2.05, 4.69) is 5.32 Å². The summed E-state index contributed by atoms with van der Waals surface area (Å²) in [6.45, 7) is 4.21. The minimum atomic E-state index is -0.285. The van der Waals surface area contributed by atoms with Gasteiger partial charge in [0.25, 0.3) is 11.1 Å². The first-order chi connectivity index (χ1) is 12.5. The van der Waals surface area contributed by atoms with E-state index in [1.165, 1.54) is 10.5 Å². The Hall–Kier alpha value is -2.73. The normalized spacial score (nSPS) is 15.7. The highest BCUT2D eigenvalue weighted by molar-refractivity contribution is 8.18. The molecule has 0 aromatic heterocycles. The average Bonchev–Trinajstić information content (AvgIpc) is 2.90. The van der Waals surface area contributed by atoms with E-state index in [9.17, 15) is 9.59 Å². The smallest absolute Gasteiger partial charge is 0.295 e. The molecule has 0 unspecified atom stereocenters. The fraction of sp³-hybridized carbons (Fsp3) is 0.200. The van der Waals surface area contributed by atoms with Crippen molar-refractivity contribution < 1.29 is 14.3 Å². The third-order valence-electron chi connectivity index (χ3n) is 4.24. The molecule has 0 radical (unpaired) electrons. The molecule has 6 heteroatoms. The summed E-state index contributed by atoms with van der Waals surface area (Å²) in [5.74, 6) is 0.458. The van der Waals surface area contributed by atoms with E-state index in [1.54, 1.807) is 13.2 Å². The number of hydrogen-bond donors (Lipinski definition) is 1. The number of rotatable bonds is 5. The van der Waals surface area contributed by atoms with Crippen molar-refractivity contribution in [2.45, 2.75) is 13.8 Å². The number of thioether (sulfide) groups is 1. The van der Waals surface area contributed by atoms with E-state index in [1.807, 2.05) is 56.3 Å². The van der Waals surface area contributed by atoms with Gasteiger partial charge in [-0.2, -0.15) is 0 Å². The second-order valence-electron chi connectivity index (χ2n) is 6.02. The number of anilines is 1. The third kappa shape index (κ3) is 3.91. The number of carbonyl (C=O) groups excluding carboxylic acids is 2. The number of amides is 2. The molecule has 1 aliphatic heterocycles. The largest absolute Gasteiger partial charge is 0.497 e. The van der Waals surface area contributed by atoms with E-state index in [4.69, 9.17) is 4.74 Å². The summed E-state index contributed by atoms with van der Waals surface area (Å²) in [6, 6.07) is 13.3. The Morgan fingerprint density at radius 3 is 2.46 bits per heavy atom. The second-order valence-corrected chi connectivity index (χ2v) is 7.01. The van der Waals surface area contributed by atoms with Crippen LogP contribution in [0.1, 0.15) is 16.7 Å². The maximum Gasteiger partial charge on any atom is 0.295 e. The molecule has 1 fully saturated rings. The van der Waals surface area contributed by atoms with Gasteiger partial charge in [-0.3, -0.25) is 14.5 Å². The highest BCUT2D eigenvalue weighted by Gasteiger charge is 2.34. The number of hydrogen-bond acceptors (Lipinski definition) is 5. The topological polar surface area (TPSA) is 58.6 Å². The van der Waals surface area contributed by atoms with Crippen LogP contribution in [0.5, 0.6) is 5.75 Å². The van der Waals surface area contributed by atoms with Crippen molar-refractivity contribution >= 4 is 34.7 Å². The van der Waals surface area contributed by atoms with Crippen LogP contribution in [0.4, 0.5) is 10.5 Å². The number of carbonyl (C=O) groups is 2.